The lowest BCUT2D eigenvalue weighted by atomic mass is 10.2. The largest absolute Gasteiger partial charge is 0.506 e. The minimum atomic E-state index is -0.377. The van der Waals surface area contributed by atoms with E-state index in [1.807, 2.05) is 25.9 Å². The van der Waals surface area contributed by atoms with E-state index in [1.54, 1.807) is 25.1 Å². The molecule has 2 aromatic heterocycles. The number of phenolic OH excluding ortho intramolecular Hbond substituents is 1. The summed E-state index contributed by atoms with van der Waals surface area (Å²) in [7, 11) is 3.77. The van der Waals surface area contributed by atoms with E-state index in [9.17, 15) is 14.7 Å². The maximum absolute atomic E-state index is 12.7. The van der Waals surface area contributed by atoms with Crippen molar-refractivity contribution in [1.29, 1.82) is 0 Å². The molecular formula is C18H20N4O3S. The summed E-state index contributed by atoms with van der Waals surface area (Å²) in [4.78, 5) is 35.1. The highest BCUT2D eigenvalue weighted by molar-refractivity contribution is 7.20. The van der Waals surface area contributed by atoms with Crippen LogP contribution in [-0.2, 0) is 6.54 Å². The number of aromatic hydroxyl groups is 1. The van der Waals surface area contributed by atoms with Gasteiger partial charge < -0.3 is 20.3 Å². The van der Waals surface area contributed by atoms with Crippen molar-refractivity contribution in [3.8, 4) is 5.75 Å². The molecule has 1 amide bonds. The summed E-state index contributed by atoms with van der Waals surface area (Å²) in [6.07, 6.45) is 0. The zero-order chi connectivity index (χ0) is 19.0. The van der Waals surface area contributed by atoms with Gasteiger partial charge in [0.1, 0.15) is 16.4 Å². The number of aryl methyl sites for hydroxylation is 2. The van der Waals surface area contributed by atoms with Gasteiger partial charge >= 0.3 is 0 Å². The summed E-state index contributed by atoms with van der Waals surface area (Å²) in [6.45, 7) is 4.08. The Balaban J connectivity index is 1.99. The number of rotatable bonds is 4. The van der Waals surface area contributed by atoms with E-state index < -0.39 is 0 Å². The first-order chi connectivity index (χ1) is 12.3. The number of benzene rings is 1. The molecule has 0 saturated carbocycles. The van der Waals surface area contributed by atoms with Crippen molar-refractivity contribution in [2.24, 2.45) is 0 Å². The number of carbonyl (C=O) groups is 1. The highest BCUT2D eigenvalue weighted by Crippen LogP contribution is 2.30. The predicted octanol–water partition coefficient (Wildman–Crippen LogP) is 2.62. The summed E-state index contributed by atoms with van der Waals surface area (Å²) in [6, 6.07) is 5.02. The Morgan fingerprint density at radius 2 is 2.08 bits per heavy atom. The van der Waals surface area contributed by atoms with Crippen molar-refractivity contribution in [3.63, 3.8) is 0 Å². The Hall–Kier alpha value is -2.71. The summed E-state index contributed by atoms with van der Waals surface area (Å²) >= 11 is 1.17. The number of nitrogens with one attached hydrogen (secondary N) is 2. The Bertz CT molecular complexity index is 1050. The summed E-state index contributed by atoms with van der Waals surface area (Å²) in [5, 5.41) is 13.1. The van der Waals surface area contributed by atoms with E-state index in [1.165, 1.54) is 11.3 Å². The molecule has 0 radical (unpaired) electrons. The van der Waals surface area contributed by atoms with E-state index in [0.29, 0.717) is 38.7 Å². The zero-order valence-corrected chi connectivity index (χ0v) is 15.8. The summed E-state index contributed by atoms with van der Waals surface area (Å²) in [5.41, 5.74) is 1.55. The molecule has 0 aliphatic carbocycles. The molecule has 0 saturated heterocycles. The van der Waals surface area contributed by atoms with Crippen molar-refractivity contribution in [2.45, 2.75) is 20.4 Å². The van der Waals surface area contributed by atoms with Crippen LogP contribution in [0.15, 0.2) is 23.0 Å². The second kappa shape index (κ2) is 6.89. The Kier molecular flexibility index (Phi) is 4.80. The molecule has 0 aliphatic rings. The third-order valence-corrected chi connectivity index (χ3v) is 5.11. The number of anilines is 1. The highest BCUT2D eigenvalue weighted by atomic mass is 32.1. The number of amides is 1. The zero-order valence-electron chi connectivity index (χ0n) is 15.0. The van der Waals surface area contributed by atoms with Crippen molar-refractivity contribution in [1.82, 2.24) is 14.9 Å². The lowest BCUT2D eigenvalue weighted by Crippen LogP contribution is -2.18. The van der Waals surface area contributed by atoms with E-state index >= 15 is 0 Å². The Morgan fingerprint density at radius 1 is 1.35 bits per heavy atom. The topological polar surface area (TPSA) is 98.3 Å². The van der Waals surface area contributed by atoms with Crippen LogP contribution < -0.4 is 10.9 Å². The van der Waals surface area contributed by atoms with Crippen LogP contribution in [0.2, 0.25) is 0 Å². The van der Waals surface area contributed by atoms with Crippen LogP contribution in [0.3, 0.4) is 0 Å². The van der Waals surface area contributed by atoms with Crippen LogP contribution in [0, 0.1) is 13.8 Å². The molecule has 26 heavy (non-hydrogen) atoms. The number of thiophene rings is 1. The summed E-state index contributed by atoms with van der Waals surface area (Å²) in [5.74, 6) is 0.177. The first-order valence-corrected chi connectivity index (χ1v) is 8.86. The molecule has 2 heterocycles. The van der Waals surface area contributed by atoms with Gasteiger partial charge in [-0.15, -0.1) is 11.3 Å². The van der Waals surface area contributed by atoms with Gasteiger partial charge in [0.15, 0.2) is 0 Å². The van der Waals surface area contributed by atoms with Gasteiger partial charge in [-0.2, -0.15) is 0 Å². The highest BCUT2D eigenvalue weighted by Gasteiger charge is 2.20. The molecule has 136 valence electrons. The lowest BCUT2D eigenvalue weighted by molar-refractivity contribution is 0.102. The molecule has 0 fully saturated rings. The molecule has 3 rings (SSSR count). The van der Waals surface area contributed by atoms with Crippen LogP contribution in [0.1, 0.15) is 26.6 Å². The van der Waals surface area contributed by atoms with Crippen LogP contribution >= 0.6 is 11.3 Å². The molecular weight excluding hydrogens is 352 g/mol. The van der Waals surface area contributed by atoms with Gasteiger partial charge in [0.2, 0.25) is 0 Å². The Morgan fingerprint density at radius 3 is 2.73 bits per heavy atom. The first kappa shape index (κ1) is 18.1. The average molecular weight is 372 g/mol. The number of H-pyrrole nitrogens is 1. The molecule has 3 N–H and O–H groups in total. The van der Waals surface area contributed by atoms with E-state index in [0.717, 1.165) is 5.56 Å². The van der Waals surface area contributed by atoms with E-state index in [2.05, 4.69) is 15.3 Å². The molecule has 0 spiro atoms. The van der Waals surface area contributed by atoms with Crippen molar-refractivity contribution < 1.29 is 9.90 Å². The van der Waals surface area contributed by atoms with Crippen molar-refractivity contribution in [2.75, 3.05) is 19.4 Å². The van der Waals surface area contributed by atoms with Crippen LogP contribution in [0.25, 0.3) is 10.2 Å². The number of phenols is 1. The van der Waals surface area contributed by atoms with Gasteiger partial charge in [-0.1, -0.05) is 6.07 Å². The van der Waals surface area contributed by atoms with Gasteiger partial charge in [-0.3, -0.25) is 9.59 Å². The van der Waals surface area contributed by atoms with E-state index in [4.69, 9.17) is 0 Å². The number of hydrogen-bond acceptors (Lipinski definition) is 6. The fourth-order valence-electron chi connectivity index (χ4n) is 2.71. The molecule has 1 aromatic carbocycles. The quantitative estimate of drug-likeness (QED) is 0.612. The van der Waals surface area contributed by atoms with Crippen LogP contribution in [0.5, 0.6) is 5.75 Å². The van der Waals surface area contributed by atoms with Crippen LogP contribution in [-0.4, -0.2) is 40.0 Å². The van der Waals surface area contributed by atoms with Gasteiger partial charge in [0, 0.05) is 0 Å². The van der Waals surface area contributed by atoms with Gasteiger partial charge in [0.05, 0.1) is 22.5 Å². The molecule has 3 aromatic rings. The third-order valence-electron chi connectivity index (χ3n) is 3.92. The number of aromatic nitrogens is 2. The number of hydrogen-bond donors (Lipinski definition) is 3. The maximum atomic E-state index is 12.7. The summed E-state index contributed by atoms with van der Waals surface area (Å²) < 4.78 is 0. The molecule has 7 nitrogen and oxygen atoms in total. The molecule has 0 bridgehead atoms. The van der Waals surface area contributed by atoms with Gasteiger partial charge in [0.25, 0.3) is 11.5 Å². The van der Waals surface area contributed by atoms with E-state index in [-0.39, 0.29) is 17.2 Å². The average Bonchev–Trinajstić information content (AvgIpc) is 2.86. The van der Waals surface area contributed by atoms with Crippen LogP contribution in [0.4, 0.5) is 5.69 Å². The monoisotopic (exact) mass is 372 g/mol. The lowest BCUT2D eigenvalue weighted by Gasteiger charge is -2.07. The molecule has 0 unspecified atom stereocenters. The number of fused-ring (bicyclic) bond motifs is 1. The van der Waals surface area contributed by atoms with Gasteiger partial charge in [-0.25, -0.2) is 4.98 Å². The molecule has 8 heteroatoms. The van der Waals surface area contributed by atoms with Crippen molar-refractivity contribution in [3.05, 3.63) is 50.4 Å². The molecule has 0 atom stereocenters. The predicted molar refractivity (Wildman–Crippen MR) is 103 cm³/mol. The SMILES string of the molecule is Cc1ccc(NC(=O)c2sc3nc(CN(C)C)[nH]c(=O)c3c2C)c(O)c1. The van der Waals surface area contributed by atoms with Gasteiger partial charge in [-0.05, 0) is 51.2 Å². The first-order valence-electron chi connectivity index (χ1n) is 8.04. The second-order valence-electron chi connectivity index (χ2n) is 6.46. The van der Waals surface area contributed by atoms with Crippen molar-refractivity contribution >= 4 is 33.1 Å². The number of carbonyl (C=O) groups excluding carboxylic acids is 1. The second-order valence-corrected chi connectivity index (χ2v) is 7.46. The number of aromatic amines is 1. The smallest absolute Gasteiger partial charge is 0.266 e. The minimum Gasteiger partial charge on any atom is -0.506 e. The fraction of sp³-hybridized carbons (Fsp3) is 0.278. The standard InChI is InChI=1S/C18H20N4O3S/c1-9-5-6-11(12(23)7-9)19-17(25)15-10(2)14-16(24)20-13(8-22(3)4)21-18(14)26-15/h5-7,23H,8H2,1-4H3,(H,19,25)(H,20,21,24). The molecule has 0 aliphatic heterocycles. The number of nitrogens with zero attached hydrogens (tertiary/aromatic N) is 2. The minimum absolute atomic E-state index is 0.00126. The normalized spacial score (nSPS) is 11.3. The maximum Gasteiger partial charge on any atom is 0.266 e. The fourth-order valence-corrected chi connectivity index (χ4v) is 3.80. The Labute approximate surface area is 154 Å². The third kappa shape index (κ3) is 3.47.